The maximum atomic E-state index is 13.1. The van der Waals surface area contributed by atoms with Crippen molar-refractivity contribution in [1.29, 1.82) is 0 Å². The first kappa shape index (κ1) is 20.6. The van der Waals surface area contributed by atoms with Crippen molar-refractivity contribution in [2.75, 3.05) is 20.2 Å². The molecule has 9 heteroatoms. The van der Waals surface area contributed by atoms with Gasteiger partial charge in [-0.15, -0.1) is 10.2 Å². The molecule has 0 bridgehead atoms. The molecule has 0 spiro atoms. The van der Waals surface area contributed by atoms with Crippen LogP contribution in [0.5, 0.6) is 11.5 Å². The van der Waals surface area contributed by atoms with Crippen LogP contribution in [-0.4, -0.2) is 52.4 Å². The van der Waals surface area contributed by atoms with Crippen molar-refractivity contribution in [2.45, 2.75) is 57.6 Å². The summed E-state index contributed by atoms with van der Waals surface area (Å²) in [6, 6.07) is 4.29. The molecule has 1 saturated heterocycles. The summed E-state index contributed by atoms with van der Waals surface area (Å²) in [6.07, 6.45) is 6.26. The van der Waals surface area contributed by atoms with Gasteiger partial charge in [0.2, 0.25) is 0 Å². The summed E-state index contributed by atoms with van der Waals surface area (Å²) in [7, 11) is 1.36. The van der Waals surface area contributed by atoms with Crippen LogP contribution in [0.2, 0.25) is 0 Å². The lowest BCUT2D eigenvalue weighted by Crippen LogP contribution is -2.39. The zero-order valence-corrected chi connectivity index (χ0v) is 17.0. The maximum absolute atomic E-state index is 13.1. The van der Waals surface area contributed by atoms with Gasteiger partial charge in [0, 0.05) is 37.5 Å². The van der Waals surface area contributed by atoms with Gasteiger partial charge in [-0.3, -0.25) is 4.79 Å². The molecule has 3 heterocycles. The second-order valence-electron chi connectivity index (χ2n) is 7.77. The molecule has 2 aliphatic rings. The smallest absolute Gasteiger partial charge is 0.387 e. The van der Waals surface area contributed by atoms with Crippen LogP contribution >= 0.6 is 0 Å². The summed E-state index contributed by atoms with van der Waals surface area (Å²) in [4.78, 5) is 14.9. The minimum Gasteiger partial charge on any atom is -0.493 e. The number of piperidine rings is 1. The number of fused-ring (bicyclic) bond motifs is 1. The maximum Gasteiger partial charge on any atom is 0.387 e. The monoisotopic (exact) mass is 420 g/mol. The predicted octanol–water partition coefficient (Wildman–Crippen LogP) is 3.63. The fraction of sp³-hybridized carbons (Fsp3) is 0.571. The van der Waals surface area contributed by atoms with Crippen molar-refractivity contribution >= 4 is 5.91 Å². The number of carbonyl (C=O) groups excluding carboxylic acids is 1. The first-order valence-electron chi connectivity index (χ1n) is 10.4. The zero-order valence-electron chi connectivity index (χ0n) is 17.0. The van der Waals surface area contributed by atoms with Crippen LogP contribution < -0.4 is 9.47 Å². The van der Waals surface area contributed by atoms with Crippen molar-refractivity contribution in [3.63, 3.8) is 0 Å². The van der Waals surface area contributed by atoms with E-state index < -0.39 is 6.61 Å². The number of hydrogen-bond donors (Lipinski definition) is 0. The van der Waals surface area contributed by atoms with E-state index in [0.29, 0.717) is 18.7 Å². The van der Waals surface area contributed by atoms with Crippen LogP contribution in [0.25, 0.3) is 0 Å². The highest BCUT2D eigenvalue weighted by Gasteiger charge is 2.30. The van der Waals surface area contributed by atoms with Crippen LogP contribution in [-0.2, 0) is 13.0 Å². The Labute approximate surface area is 174 Å². The first-order chi connectivity index (χ1) is 14.6. The Kier molecular flexibility index (Phi) is 6.15. The van der Waals surface area contributed by atoms with E-state index in [2.05, 4.69) is 19.5 Å². The second kappa shape index (κ2) is 8.97. The zero-order chi connectivity index (χ0) is 21.1. The molecular formula is C21H26F2N4O3. The molecule has 1 amide bonds. The van der Waals surface area contributed by atoms with Gasteiger partial charge in [-0.25, -0.2) is 0 Å². The Morgan fingerprint density at radius 3 is 2.80 bits per heavy atom. The number of likely N-dealkylation sites (tertiary alicyclic amines) is 1. The molecule has 7 nitrogen and oxygen atoms in total. The SMILES string of the molecule is COc1cc(C(=O)N2CCCC(c3nnc4n3CCCCC4)C2)ccc1OC(F)F. The number of aryl methyl sites for hydroxylation is 1. The molecule has 0 radical (unpaired) electrons. The molecule has 30 heavy (non-hydrogen) atoms. The number of rotatable bonds is 5. The predicted molar refractivity (Wildman–Crippen MR) is 105 cm³/mol. The van der Waals surface area contributed by atoms with E-state index in [1.807, 2.05) is 0 Å². The molecule has 1 aromatic carbocycles. The Balaban J connectivity index is 1.51. The lowest BCUT2D eigenvalue weighted by molar-refractivity contribution is -0.0512. The van der Waals surface area contributed by atoms with E-state index in [4.69, 9.17) is 4.74 Å². The van der Waals surface area contributed by atoms with Gasteiger partial charge < -0.3 is 18.9 Å². The van der Waals surface area contributed by atoms with E-state index in [9.17, 15) is 13.6 Å². The summed E-state index contributed by atoms with van der Waals surface area (Å²) in [5.74, 6) is 2.03. The van der Waals surface area contributed by atoms with Crippen LogP contribution in [0.1, 0.15) is 60.0 Å². The summed E-state index contributed by atoms with van der Waals surface area (Å²) in [5, 5.41) is 8.86. The van der Waals surface area contributed by atoms with Crippen molar-refractivity contribution in [1.82, 2.24) is 19.7 Å². The molecule has 0 aliphatic carbocycles. The van der Waals surface area contributed by atoms with Crippen molar-refractivity contribution < 1.29 is 23.0 Å². The molecule has 1 aromatic heterocycles. The summed E-state index contributed by atoms with van der Waals surface area (Å²) >= 11 is 0. The molecule has 4 rings (SSSR count). The van der Waals surface area contributed by atoms with Crippen molar-refractivity contribution in [3.8, 4) is 11.5 Å². The fourth-order valence-electron chi connectivity index (χ4n) is 4.36. The summed E-state index contributed by atoms with van der Waals surface area (Å²) < 4.78 is 36.9. The van der Waals surface area contributed by atoms with Gasteiger partial charge in [0.1, 0.15) is 11.6 Å². The highest BCUT2D eigenvalue weighted by atomic mass is 19.3. The largest absolute Gasteiger partial charge is 0.493 e. The standard InChI is InChI=1S/C21H26F2N4O3/c1-29-17-12-14(8-9-16(17)30-21(22)23)20(28)26-10-5-6-15(13-26)19-25-24-18-7-3-2-4-11-27(18)19/h8-9,12,15,21H,2-7,10-11,13H2,1H3. The molecule has 1 fully saturated rings. The molecule has 0 N–H and O–H groups in total. The highest BCUT2D eigenvalue weighted by Crippen LogP contribution is 2.32. The number of aromatic nitrogens is 3. The number of halogens is 2. The van der Waals surface area contributed by atoms with E-state index >= 15 is 0 Å². The number of methoxy groups -OCH3 is 1. The summed E-state index contributed by atoms with van der Waals surface area (Å²) in [5.41, 5.74) is 0.384. The fourth-order valence-corrected chi connectivity index (χ4v) is 4.36. The molecule has 162 valence electrons. The second-order valence-corrected chi connectivity index (χ2v) is 7.77. The number of nitrogens with zero attached hydrogens (tertiary/aromatic N) is 4. The van der Waals surface area contributed by atoms with Gasteiger partial charge >= 0.3 is 6.61 Å². The minimum absolute atomic E-state index is 0.0910. The average molecular weight is 420 g/mol. The molecule has 2 aliphatic heterocycles. The van der Waals surface area contributed by atoms with E-state index in [0.717, 1.165) is 50.3 Å². The third-order valence-electron chi connectivity index (χ3n) is 5.84. The molecule has 2 aromatic rings. The van der Waals surface area contributed by atoms with Gasteiger partial charge in [0.05, 0.1) is 7.11 Å². The number of carbonyl (C=O) groups is 1. The Bertz CT molecular complexity index is 902. The van der Waals surface area contributed by atoms with Gasteiger partial charge in [-0.05, 0) is 43.9 Å². The quantitative estimate of drug-likeness (QED) is 0.739. The minimum atomic E-state index is -2.96. The third-order valence-corrected chi connectivity index (χ3v) is 5.84. The lowest BCUT2D eigenvalue weighted by Gasteiger charge is -2.32. The molecule has 0 saturated carbocycles. The topological polar surface area (TPSA) is 69.5 Å². The van der Waals surface area contributed by atoms with Gasteiger partial charge in [0.25, 0.3) is 5.91 Å². The number of benzene rings is 1. The van der Waals surface area contributed by atoms with Crippen LogP contribution in [0, 0.1) is 0 Å². The Morgan fingerprint density at radius 1 is 1.13 bits per heavy atom. The van der Waals surface area contributed by atoms with E-state index in [1.165, 1.54) is 31.7 Å². The van der Waals surface area contributed by atoms with Crippen molar-refractivity contribution in [3.05, 3.63) is 35.4 Å². The van der Waals surface area contributed by atoms with Gasteiger partial charge in [-0.1, -0.05) is 6.42 Å². The molecule has 1 atom stereocenters. The highest BCUT2D eigenvalue weighted by molar-refractivity contribution is 5.95. The van der Waals surface area contributed by atoms with E-state index in [-0.39, 0.29) is 23.3 Å². The Hall–Kier alpha value is -2.71. The lowest BCUT2D eigenvalue weighted by atomic mass is 9.96. The molecular weight excluding hydrogens is 394 g/mol. The van der Waals surface area contributed by atoms with Gasteiger partial charge in [-0.2, -0.15) is 8.78 Å². The van der Waals surface area contributed by atoms with Crippen LogP contribution in [0.4, 0.5) is 8.78 Å². The normalized spacial score (nSPS) is 19.3. The number of hydrogen-bond acceptors (Lipinski definition) is 5. The third kappa shape index (κ3) is 4.24. The Morgan fingerprint density at radius 2 is 2.00 bits per heavy atom. The molecule has 1 unspecified atom stereocenters. The van der Waals surface area contributed by atoms with Gasteiger partial charge in [0.15, 0.2) is 11.5 Å². The van der Waals surface area contributed by atoms with Crippen LogP contribution in [0.15, 0.2) is 18.2 Å². The van der Waals surface area contributed by atoms with Crippen molar-refractivity contribution in [2.24, 2.45) is 0 Å². The number of alkyl halides is 2. The first-order valence-corrected chi connectivity index (χ1v) is 10.4. The average Bonchev–Trinajstić information content (AvgIpc) is 3.01. The summed E-state index contributed by atoms with van der Waals surface area (Å²) in [6.45, 7) is -0.811. The number of ether oxygens (including phenoxy) is 2. The number of amides is 1. The van der Waals surface area contributed by atoms with E-state index in [1.54, 1.807) is 4.90 Å². The van der Waals surface area contributed by atoms with Crippen LogP contribution in [0.3, 0.4) is 0 Å².